The maximum Gasteiger partial charge on any atom is 0.255 e. The van der Waals surface area contributed by atoms with Gasteiger partial charge < -0.3 is 22.2 Å². The molecule has 0 bridgehead atoms. The number of carbonyl (C=O) groups is 1. The highest BCUT2D eigenvalue weighted by atomic mass is 16.1. The van der Waals surface area contributed by atoms with Gasteiger partial charge in [0.15, 0.2) is 0 Å². The van der Waals surface area contributed by atoms with Gasteiger partial charge in [0.2, 0.25) is 0 Å². The molecule has 0 aliphatic rings. The SMILES string of the molecule is C=C(C=CC=C(C)C=NCC(=CC=CCC)C(N)=Nc1ccc(N)c(C=N)c1)NC(=O)c1ccccc1. The van der Waals surface area contributed by atoms with Crippen molar-refractivity contribution in [2.24, 2.45) is 15.7 Å². The molecule has 0 spiro atoms. The molecule has 2 aromatic rings. The van der Waals surface area contributed by atoms with Gasteiger partial charge in [-0.15, -0.1) is 0 Å². The molecule has 2 rings (SSSR count). The summed E-state index contributed by atoms with van der Waals surface area (Å²) < 4.78 is 0. The monoisotopic (exact) mass is 494 g/mol. The second-order valence-electron chi connectivity index (χ2n) is 8.07. The number of nitrogens with one attached hydrogen (secondary N) is 2. The van der Waals surface area contributed by atoms with E-state index in [9.17, 15) is 4.79 Å². The number of benzene rings is 2. The van der Waals surface area contributed by atoms with Crippen LogP contribution in [0.5, 0.6) is 0 Å². The zero-order chi connectivity index (χ0) is 27.0. The van der Waals surface area contributed by atoms with Crippen LogP contribution in [0.1, 0.15) is 36.2 Å². The molecule has 6 N–H and O–H groups in total. The Hall–Kier alpha value is -4.78. The van der Waals surface area contributed by atoms with E-state index in [1.807, 2.05) is 49.4 Å². The quantitative estimate of drug-likeness (QED) is 0.131. The van der Waals surface area contributed by atoms with Crippen LogP contribution < -0.4 is 16.8 Å². The first-order valence-corrected chi connectivity index (χ1v) is 11.8. The zero-order valence-corrected chi connectivity index (χ0v) is 21.3. The molecule has 0 unspecified atom stereocenters. The molecular formula is C30H34N6O. The molecule has 0 heterocycles. The number of allylic oxidation sites excluding steroid dienone is 7. The molecule has 0 radical (unpaired) electrons. The molecule has 0 saturated carbocycles. The van der Waals surface area contributed by atoms with Crippen LogP contribution in [0.2, 0.25) is 0 Å². The lowest BCUT2D eigenvalue weighted by molar-refractivity contribution is 0.0967. The van der Waals surface area contributed by atoms with Crippen LogP contribution in [0.15, 0.2) is 118 Å². The van der Waals surface area contributed by atoms with E-state index in [2.05, 4.69) is 28.8 Å². The van der Waals surface area contributed by atoms with E-state index in [0.717, 1.165) is 17.6 Å². The van der Waals surface area contributed by atoms with Gasteiger partial charge in [0.05, 0.1) is 12.2 Å². The molecule has 0 saturated heterocycles. The Kier molecular flexibility index (Phi) is 11.7. The van der Waals surface area contributed by atoms with Crippen molar-refractivity contribution >= 4 is 35.5 Å². The fourth-order valence-electron chi connectivity index (χ4n) is 3.00. The summed E-state index contributed by atoms with van der Waals surface area (Å²) in [5.74, 6) is 0.131. The highest BCUT2D eigenvalue weighted by molar-refractivity contribution is 6.00. The molecule has 0 atom stereocenters. The van der Waals surface area contributed by atoms with Crippen LogP contribution in [0, 0.1) is 5.41 Å². The molecule has 37 heavy (non-hydrogen) atoms. The summed E-state index contributed by atoms with van der Waals surface area (Å²) in [5.41, 5.74) is 16.6. The topological polar surface area (TPSA) is 130 Å². The number of hydrogen-bond acceptors (Lipinski definition) is 5. The average Bonchev–Trinajstić information content (AvgIpc) is 2.89. The van der Waals surface area contributed by atoms with Gasteiger partial charge in [0, 0.05) is 40.5 Å². The largest absolute Gasteiger partial charge is 0.398 e. The first kappa shape index (κ1) is 28.5. The number of nitrogens with two attached hydrogens (primary N) is 2. The van der Waals surface area contributed by atoms with Crippen molar-refractivity contribution in [3.05, 3.63) is 120 Å². The van der Waals surface area contributed by atoms with E-state index in [-0.39, 0.29) is 5.91 Å². The molecule has 0 aliphatic carbocycles. The summed E-state index contributed by atoms with van der Waals surface area (Å²) in [7, 11) is 0. The van der Waals surface area contributed by atoms with Crippen molar-refractivity contribution in [2.75, 3.05) is 12.3 Å². The minimum atomic E-state index is -0.207. The van der Waals surface area contributed by atoms with Crippen molar-refractivity contribution in [1.82, 2.24) is 5.32 Å². The van der Waals surface area contributed by atoms with Gasteiger partial charge in [0.1, 0.15) is 5.84 Å². The Morgan fingerprint density at radius 3 is 2.59 bits per heavy atom. The van der Waals surface area contributed by atoms with Crippen LogP contribution in [-0.2, 0) is 0 Å². The molecule has 0 aliphatic heterocycles. The van der Waals surface area contributed by atoms with E-state index < -0.39 is 0 Å². The van der Waals surface area contributed by atoms with Crippen LogP contribution >= 0.6 is 0 Å². The second kappa shape index (κ2) is 15.3. The maximum atomic E-state index is 12.2. The Bertz CT molecular complexity index is 1280. The Labute approximate surface area is 218 Å². The third-order valence-corrected chi connectivity index (χ3v) is 5.00. The minimum absolute atomic E-state index is 0.207. The van der Waals surface area contributed by atoms with Gasteiger partial charge in [-0.2, -0.15) is 0 Å². The van der Waals surface area contributed by atoms with E-state index in [0.29, 0.717) is 40.6 Å². The smallest absolute Gasteiger partial charge is 0.255 e. The van der Waals surface area contributed by atoms with Crippen molar-refractivity contribution < 1.29 is 4.79 Å². The van der Waals surface area contributed by atoms with E-state index in [1.54, 1.807) is 48.7 Å². The molecule has 0 aromatic heterocycles. The Balaban J connectivity index is 2.04. The maximum absolute atomic E-state index is 12.2. The predicted octanol–water partition coefficient (Wildman–Crippen LogP) is 5.66. The van der Waals surface area contributed by atoms with Crippen molar-refractivity contribution in [1.29, 1.82) is 5.41 Å². The lowest BCUT2D eigenvalue weighted by Gasteiger charge is -2.06. The predicted molar refractivity (Wildman–Crippen MR) is 157 cm³/mol. The van der Waals surface area contributed by atoms with E-state index in [1.165, 1.54) is 6.21 Å². The molecule has 7 nitrogen and oxygen atoms in total. The molecule has 190 valence electrons. The van der Waals surface area contributed by atoms with Crippen LogP contribution in [0.3, 0.4) is 0 Å². The lowest BCUT2D eigenvalue weighted by atomic mass is 10.1. The van der Waals surface area contributed by atoms with Crippen molar-refractivity contribution in [2.45, 2.75) is 20.3 Å². The molecule has 7 heteroatoms. The van der Waals surface area contributed by atoms with Gasteiger partial charge in [-0.05, 0) is 55.3 Å². The summed E-state index contributed by atoms with van der Waals surface area (Å²) >= 11 is 0. The first-order chi connectivity index (χ1) is 17.8. The number of amides is 1. The summed E-state index contributed by atoms with van der Waals surface area (Å²) in [4.78, 5) is 21.2. The number of amidine groups is 1. The average molecular weight is 495 g/mol. The number of hydrogen-bond donors (Lipinski definition) is 4. The number of anilines is 1. The van der Waals surface area contributed by atoms with Gasteiger partial charge in [0.25, 0.3) is 5.91 Å². The van der Waals surface area contributed by atoms with Crippen LogP contribution in [-0.4, -0.2) is 30.7 Å². The number of rotatable bonds is 12. The van der Waals surface area contributed by atoms with Crippen LogP contribution in [0.25, 0.3) is 0 Å². The van der Waals surface area contributed by atoms with Gasteiger partial charge in [-0.1, -0.05) is 62.1 Å². The third kappa shape index (κ3) is 10.2. The molecular weight excluding hydrogens is 460 g/mol. The zero-order valence-electron chi connectivity index (χ0n) is 21.3. The van der Waals surface area contributed by atoms with Crippen LogP contribution in [0.4, 0.5) is 11.4 Å². The molecule has 1 amide bonds. The summed E-state index contributed by atoms with van der Waals surface area (Å²) in [6, 6.07) is 14.1. The van der Waals surface area contributed by atoms with E-state index in [4.69, 9.17) is 16.9 Å². The summed E-state index contributed by atoms with van der Waals surface area (Å²) in [5, 5.41) is 10.2. The third-order valence-electron chi connectivity index (χ3n) is 5.00. The van der Waals surface area contributed by atoms with E-state index >= 15 is 0 Å². The number of nitrogen functional groups attached to an aromatic ring is 1. The Morgan fingerprint density at radius 2 is 1.89 bits per heavy atom. The lowest BCUT2D eigenvalue weighted by Crippen LogP contribution is -2.20. The number of nitrogens with zero attached hydrogens (tertiary/aromatic N) is 2. The minimum Gasteiger partial charge on any atom is -0.398 e. The second-order valence-corrected chi connectivity index (χ2v) is 8.07. The number of aliphatic imine (C=N–C) groups is 2. The van der Waals surface area contributed by atoms with Crippen molar-refractivity contribution in [3.63, 3.8) is 0 Å². The normalized spacial score (nSPS) is 13.0. The first-order valence-electron chi connectivity index (χ1n) is 11.8. The standard InChI is InChI=1S/C30H34N6O/c1-4-5-7-15-25(29(33)36-27-16-17-28(32)26(18-27)19-31)21-34-20-22(2)11-10-12-23(3)35-30(37)24-13-8-6-9-14-24/h5-20,31H,3-4,21,32H2,1-2H3,(H2,33,36)(H,35,37). The highest BCUT2D eigenvalue weighted by Crippen LogP contribution is 2.19. The fourth-order valence-corrected chi connectivity index (χ4v) is 3.00. The summed E-state index contributed by atoms with van der Waals surface area (Å²) in [6.45, 7) is 8.18. The van der Waals surface area contributed by atoms with Crippen molar-refractivity contribution in [3.8, 4) is 0 Å². The van der Waals surface area contributed by atoms with Gasteiger partial charge in [-0.25, -0.2) is 4.99 Å². The van der Waals surface area contributed by atoms with Gasteiger partial charge >= 0.3 is 0 Å². The molecule has 2 aromatic carbocycles. The number of carbonyl (C=O) groups excluding carboxylic acids is 1. The summed E-state index contributed by atoms with van der Waals surface area (Å²) in [6.07, 6.45) is 15.1. The highest BCUT2D eigenvalue weighted by Gasteiger charge is 2.05. The Morgan fingerprint density at radius 1 is 1.14 bits per heavy atom. The van der Waals surface area contributed by atoms with Gasteiger partial charge in [-0.3, -0.25) is 9.79 Å². The fraction of sp³-hybridized carbons (Fsp3) is 0.133. The molecule has 0 fully saturated rings.